The number of ether oxygens (including phenoxy) is 2. The summed E-state index contributed by atoms with van der Waals surface area (Å²) in [6, 6.07) is 14.4. The second-order valence-electron chi connectivity index (χ2n) is 5.18. The first-order valence-corrected chi connectivity index (χ1v) is 8.73. The number of methoxy groups -OCH3 is 2. The molecule has 1 atom stereocenters. The first-order valence-electron chi connectivity index (χ1n) is 7.24. The third kappa shape index (κ3) is 4.24. The largest absolute Gasteiger partial charge is 0.497 e. The zero-order chi connectivity index (χ0) is 16.9. The van der Waals surface area contributed by atoms with Crippen molar-refractivity contribution in [2.45, 2.75) is 17.7 Å². The number of sulfonamides is 1. The first kappa shape index (κ1) is 17.3. The molecule has 2 rings (SSSR count). The van der Waals surface area contributed by atoms with Crippen molar-refractivity contribution in [3.8, 4) is 11.5 Å². The van der Waals surface area contributed by atoms with Gasteiger partial charge in [0.25, 0.3) is 0 Å². The van der Waals surface area contributed by atoms with Crippen LogP contribution in [0.4, 0.5) is 0 Å². The molecule has 124 valence electrons. The molecule has 0 heterocycles. The Morgan fingerprint density at radius 2 is 1.74 bits per heavy atom. The minimum absolute atomic E-state index is 0.0579. The van der Waals surface area contributed by atoms with Crippen molar-refractivity contribution in [3.63, 3.8) is 0 Å². The van der Waals surface area contributed by atoms with Crippen molar-refractivity contribution in [2.24, 2.45) is 0 Å². The van der Waals surface area contributed by atoms with Crippen molar-refractivity contribution in [3.05, 3.63) is 54.1 Å². The van der Waals surface area contributed by atoms with E-state index < -0.39 is 10.0 Å². The molecule has 0 saturated carbocycles. The van der Waals surface area contributed by atoms with Crippen LogP contribution in [0.15, 0.2) is 53.4 Å². The molecule has 1 unspecified atom stereocenters. The maximum atomic E-state index is 12.6. The van der Waals surface area contributed by atoms with Crippen LogP contribution in [0.25, 0.3) is 0 Å². The highest BCUT2D eigenvalue weighted by molar-refractivity contribution is 7.89. The maximum absolute atomic E-state index is 12.6. The van der Waals surface area contributed by atoms with Gasteiger partial charge < -0.3 is 9.47 Å². The Morgan fingerprint density at radius 3 is 2.35 bits per heavy atom. The molecule has 0 bridgehead atoms. The van der Waals surface area contributed by atoms with Crippen LogP contribution in [0.5, 0.6) is 11.5 Å². The van der Waals surface area contributed by atoms with E-state index in [9.17, 15) is 8.42 Å². The van der Waals surface area contributed by atoms with Crippen molar-refractivity contribution in [1.29, 1.82) is 0 Å². The van der Waals surface area contributed by atoms with E-state index in [2.05, 4.69) is 4.72 Å². The fraction of sp³-hybridized carbons (Fsp3) is 0.294. The monoisotopic (exact) mass is 335 g/mol. The number of nitrogens with one attached hydrogen (secondary N) is 1. The number of rotatable bonds is 7. The molecule has 0 aliphatic carbocycles. The first-order chi connectivity index (χ1) is 11.0. The average molecular weight is 335 g/mol. The predicted molar refractivity (Wildman–Crippen MR) is 89.6 cm³/mol. The molecular weight excluding hydrogens is 314 g/mol. The van der Waals surface area contributed by atoms with Crippen LogP contribution in [0, 0.1) is 0 Å². The van der Waals surface area contributed by atoms with E-state index in [-0.39, 0.29) is 16.6 Å². The molecule has 0 aromatic heterocycles. The van der Waals surface area contributed by atoms with E-state index in [0.717, 1.165) is 5.56 Å². The third-order valence-electron chi connectivity index (χ3n) is 3.61. The highest BCUT2D eigenvalue weighted by Gasteiger charge is 2.21. The van der Waals surface area contributed by atoms with E-state index in [1.807, 2.05) is 37.3 Å². The molecule has 1 N–H and O–H groups in total. The Morgan fingerprint density at radius 1 is 1.04 bits per heavy atom. The third-order valence-corrected chi connectivity index (χ3v) is 5.05. The smallest absolute Gasteiger partial charge is 0.244 e. The average Bonchev–Trinajstić information content (AvgIpc) is 2.59. The second kappa shape index (κ2) is 7.48. The molecule has 23 heavy (non-hydrogen) atoms. The van der Waals surface area contributed by atoms with Crippen molar-refractivity contribution in [2.75, 3.05) is 20.8 Å². The minimum atomic E-state index is -3.69. The van der Waals surface area contributed by atoms with Crippen LogP contribution in [-0.4, -0.2) is 29.2 Å². The quantitative estimate of drug-likeness (QED) is 0.845. The van der Waals surface area contributed by atoms with Crippen LogP contribution < -0.4 is 14.2 Å². The highest BCUT2D eigenvalue weighted by Crippen LogP contribution is 2.28. The summed E-state index contributed by atoms with van der Waals surface area (Å²) in [6.45, 7) is 2.27. The summed E-state index contributed by atoms with van der Waals surface area (Å²) in [4.78, 5) is 0.0691. The molecule has 2 aromatic rings. The topological polar surface area (TPSA) is 64.6 Å². The molecular formula is C17H21NO4S. The Hall–Kier alpha value is -2.05. The van der Waals surface area contributed by atoms with Gasteiger partial charge in [-0.15, -0.1) is 0 Å². The molecule has 0 spiro atoms. The second-order valence-corrected chi connectivity index (χ2v) is 6.92. The Labute approximate surface area is 137 Å². The summed E-state index contributed by atoms with van der Waals surface area (Å²) >= 11 is 0. The Kier molecular flexibility index (Phi) is 5.63. The zero-order valence-electron chi connectivity index (χ0n) is 13.4. The van der Waals surface area contributed by atoms with Gasteiger partial charge in [0.15, 0.2) is 0 Å². The van der Waals surface area contributed by atoms with Gasteiger partial charge in [-0.2, -0.15) is 0 Å². The van der Waals surface area contributed by atoms with Gasteiger partial charge in [0.05, 0.1) is 14.2 Å². The number of hydrogen-bond acceptors (Lipinski definition) is 4. The maximum Gasteiger partial charge on any atom is 0.244 e. The van der Waals surface area contributed by atoms with E-state index in [1.54, 1.807) is 12.1 Å². The summed E-state index contributed by atoms with van der Waals surface area (Å²) in [5.74, 6) is 0.801. The van der Waals surface area contributed by atoms with E-state index in [1.165, 1.54) is 20.3 Å². The molecule has 0 radical (unpaired) electrons. The van der Waals surface area contributed by atoms with Crippen LogP contribution >= 0.6 is 0 Å². The van der Waals surface area contributed by atoms with Crippen LogP contribution in [0.3, 0.4) is 0 Å². The van der Waals surface area contributed by atoms with E-state index in [4.69, 9.17) is 9.47 Å². The van der Waals surface area contributed by atoms with Gasteiger partial charge in [0, 0.05) is 12.6 Å². The van der Waals surface area contributed by atoms with Crippen LogP contribution in [0.1, 0.15) is 18.4 Å². The molecule has 0 saturated heterocycles. The molecule has 0 amide bonds. The summed E-state index contributed by atoms with van der Waals surface area (Å²) in [5, 5.41) is 0. The molecule has 0 aliphatic rings. The van der Waals surface area contributed by atoms with Crippen molar-refractivity contribution >= 4 is 10.0 Å². The van der Waals surface area contributed by atoms with Gasteiger partial charge in [-0.05, 0) is 23.6 Å². The molecule has 2 aromatic carbocycles. The van der Waals surface area contributed by atoms with Crippen LogP contribution in [0.2, 0.25) is 0 Å². The van der Waals surface area contributed by atoms with Gasteiger partial charge >= 0.3 is 0 Å². The van der Waals surface area contributed by atoms with Crippen molar-refractivity contribution < 1.29 is 17.9 Å². The lowest BCUT2D eigenvalue weighted by Gasteiger charge is -2.15. The van der Waals surface area contributed by atoms with Crippen LogP contribution in [-0.2, 0) is 10.0 Å². The lowest BCUT2D eigenvalue weighted by molar-refractivity contribution is 0.392. The van der Waals surface area contributed by atoms with Gasteiger partial charge in [-0.25, -0.2) is 13.1 Å². The summed E-state index contributed by atoms with van der Waals surface area (Å²) < 4.78 is 38.0. The molecule has 0 fully saturated rings. The summed E-state index contributed by atoms with van der Waals surface area (Å²) in [7, 11) is -0.767. The predicted octanol–water partition coefficient (Wildman–Crippen LogP) is 2.79. The molecule has 0 aliphatic heterocycles. The van der Waals surface area contributed by atoms with E-state index in [0.29, 0.717) is 12.3 Å². The molecule has 6 heteroatoms. The SMILES string of the molecule is COc1ccc(OC)c(S(=O)(=O)NCC(C)c2ccccc2)c1. The zero-order valence-corrected chi connectivity index (χ0v) is 14.3. The fourth-order valence-electron chi connectivity index (χ4n) is 2.21. The van der Waals surface area contributed by atoms with E-state index >= 15 is 0 Å². The van der Waals surface area contributed by atoms with Gasteiger partial charge in [0.1, 0.15) is 16.4 Å². The summed E-state index contributed by atoms with van der Waals surface area (Å²) in [6.07, 6.45) is 0. The number of benzene rings is 2. The fourth-order valence-corrected chi connectivity index (χ4v) is 3.52. The normalized spacial score (nSPS) is 12.7. The van der Waals surface area contributed by atoms with Gasteiger partial charge in [0.2, 0.25) is 10.0 Å². The lowest BCUT2D eigenvalue weighted by atomic mass is 10.0. The number of hydrogen-bond donors (Lipinski definition) is 1. The molecule has 5 nitrogen and oxygen atoms in total. The standard InChI is InChI=1S/C17H21NO4S/c1-13(14-7-5-4-6-8-14)12-18-23(19,20)17-11-15(21-2)9-10-16(17)22-3/h4-11,13,18H,12H2,1-3H3. The van der Waals surface area contributed by atoms with Gasteiger partial charge in [-0.3, -0.25) is 0 Å². The van der Waals surface area contributed by atoms with Gasteiger partial charge in [-0.1, -0.05) is 37.3 Å². The Bertz CT molecular complexity index is 744. The Balaban J connectivity index is 2.19. The van der Waals surface area contributed by atoms with Crippen molar-refractivity contribution in [1.82, 2.24) is 4.72 Å². The lowest BCUT2D eigenvalue weighted by Crippen LogP contribution is -2.28. The highest BCUT2D eigenvalue weighted by atomic mass is 32.2. The minimum Gasteiger partial charge on any atom is -0.497 e. The summed E-state index contributed by atoms with van der Waals surface area (Å²) in [5.41, 5.74) is 1.08.